The Morgan fingerprint density at radius 2 is 1.72 bits per heavy atom. The lowest BCUT2D eigenvalue weighted by atomic mass is 10.0. The van der Waals surface area contributed by atoms with Crippen LogP contribution in [-0.2, 0) is 4.79 Å². The molecule has 2 amide bonds. The number of carbonyl (C=O) groups excluding carboxylic acids is 2. The van der Waals surface area contributed by atoms with E-state index in [2.05, 4.69) is 15.8 Å². The van der Waals surface area contributed by atoms with Gasteiger partial charge in [0.25, 0.3) is 5.91 Å². The van der Waals surface area contributed by atoms with E-state index in [1.54, 1.807) is 37.6 Å². The molecule has 6 nitrogen and oxygen atoms in total. The van der Waals surface area contributed by atoms with Crippen LogP contribution in [0.5, 0.6) is 5.75 Å². The number of carbonyl (C=O) groups is 2. The van der Waals surface area contributed by atoms with Gasteiger partial charge in [-0.2, -0.15) is 5.10 Å². The molecule has 29 heavy (non-hydrogen) atoms. The Labute approximate surface area is 169 Å². The quantitative estimate of drug-likeness (QED) is 0.466. The SMILES string of the molecule is CCCC(=O)Nc1ccc(C(=O)N/N=C/c2ccc(OC)c3ccccc23)cc1. The molecule has 0 atom stereocenters. The smallest absolute Gasteiger partial charge is 0.271 e. The van der Waals surface area contributed by atoms with Crippen LogP contribution in [0.2, 0.25) is 0 Å². The van der Waals surface area contributed by atoms with Crippen LogP contribution in [0.15, 0.2) is 65.8 Å². The third kappa shape index (κ3) is 4.99. The molecule has 148 valence electrons. The summed E-state index contributed by atoms with van der Waals surface area (Å²) in [6, 6.07) is 18.3. The maximum Gasteiger partial charge on any atom is 0.271 e. The molecule has 0 fully saturated rings. The van der Waals surface area contributed by atoms with Gasteiger partial charge in [0.1, 0.15) is 5.75 Å². The Balaban J connectivity index is 1.67. The summed E-state index contributed by atoms with van der Waals surface area (Å²) in [5.41, 5.74) is 4.52. The van der Waals surface area contributed by atoms with Gasteiger partial charge in [0.15, 0.2) is 0 Å². The predicted molar refractivity (Wildman–Crippen MR) is 116 cm³/mol. The van der Waals surface area contributed by atoms with Gasteiger partial charge in [-0.1, -0.05) is 31.2 Å². The highest BCUT2D eigenvalue weighted by Gasteiger charge is 2.07. The number of anilines is 1. The fourth-order valence-corrected chi connectivity index (χ4v) is 2.97. The summed E-state index contributed by atoms with van der Waals surface area (Å²) in [6.07, 6.45) is 2.86. The van der Waals surface area contributed by atoms with Crippen LogP contribution in [0, 0.1) is 0 Å². The van der Waals surface area contributed by atoms with Crippen molar-refractivity contribution in [1.82, 2.24) is 5.43 Å². The summed E-state index contributed by atoms with van der Waals surface area (Å²) < 4.78 is 5.39. The van der Waals surface area contributed by atoms with Crippen LogP contribution in [0.25, 0.3) is 10.8 Å². The van der Waals surface area contributed by atoms with Crippen molar-refractivity contribution in [1.29, 1.82) is 0 Å². The second-order valence-electron chi connectivity index (χ2n) is 6.48. The molecule has 3 aromatic carbocycles. The highest BCUT2D eigenvalue weighted by Crippen LogP contribution is 2.27. The highest BCUT2D eigenvalue weighted by atomic mass is 16.5. The maximum absolute atomic E-state index is 12.3. The lowest BCUT2D eigenvalue weighted by Gasteiger charge is -2.07. The number of ether oxygens (including phenoxy) is 1. The van der Waals surface area contributed by atoms with E-state index in [1.165, 1.54) is 0 Å². The molecular weight excluding hydrogens is 366 g/mol. The summed E-state index contributed by atoms with van der Waals surface area (Å²) in [7, 11) is 1.64. The van der Waals surface area contributed by atoms with Crippen molar-refractivity contribution in [3.63, 3.8) is 0 Å². The van der Waals surface area contributed by atoms with Crippen LogP contribution < -0.4 is 15.5 Å². The van der Waals surface area contributed by atoms with Crippen molar-refractivity contribution < 1.29 is 14.3 Å². The monoisotopic (exact) mass is 389 g/mol. The first-order chi connectivity index (χ1) is 14.1. The van der Waals surface area contributed by atoms with Gasteiger partial charge in [-0.3, -0.25) is 9.59 Å². The summed E-state index contributed by atoms with van der Waals surface area (Å²) in [4.78, 5) is 23.9. The van der Waals surface area contributed by atoms with Gasteiger partial charge >= 0.3 is 0 Å². The molecule has 0 unspecified atom stereocenters. The first-order valence-corrected chi connectivity index (χ1v) is 9.41. The number of methoxy groups -OCH3 is 1. The number of nitrogens with one attached hydrogen (secondary N) is 2. The molecule has 0 aliphatic rings. The number of rotatable bonds is 7. The Kier molecular flexibility index (Phi) is 6.58. The zero-order chi connectivity index (χ0) is 20.6. The number of benzene rings is 3. The van der Waals surface area contributed by atoms with E-state index in [9.17, 15) is 9.59 Å². The lowest BCUT2D eigenvalue weighted by Crippen LogP contribution is -2.17. The molecule has 0 aliphatic heterocycles. The number of fused-ring (bicyclic) bond motifs is 1. The minimum atomic E-state index is -0.328. The molecule has 0 saturated heterocycles. The molecule has 0 spiro atoms. The van der Waals surface area contributed by atoms with Gasteiger partial charge in [-0.15, -0.1) is 0 Å². The average molecular weight is 389 g/mol. The molecular formula is C23H23N3O3. The van der Waals surface area contributed by atoms with E-state index in [1.807, 2.05) is 43.3 Å². The van der Waals surface area contributed by atoms with E-state index in [0.717, 1.165) is 28.5 Å². The van der Waals surface area contributed by atoms with Gasteiger partial charge in [0.05, 0.1) is 13.3 Å². The third-order valence-corrected chi connectivity index (χ3v) is 4.42. The summed E-state index contributed by atoms with van der Waals surface area (Å²) in [5, 5.41) is 8.83. The Morgan fingerprint density at radius 1 is 1.00 bits per heavy atom. The maximum atomic E-state index is 12.3. The second kappa shape index (κ2) is 9.50. The lowest BCUT2D eigenvalue weighted by molar-refractivity contribution is -0.116. The van der Waals surface area contributed by atoms with Crippen LogP contribution in [0.4, 0.5) is 5.69 Å². The molecule has 0 heterocycles. The van der Waals surface area contributed by atoms with Crippen molar-refractivity contribution >= 4 is 34.5 Å². The first-order valence-electron chi connectivity index (χ1n) is 9.41. The molecule has 0 bridgehead atoms. The molecule has 0 aromatic heterocycles. The topological polar surface area (TPSA) is 79.8 Å². The van der Waals surface area contributed by atoms with Crippen molar-refractivity contribution in [2.24, 2.45) is 5.10 Å². The zero-order valence-corrected chi connectivity index (χ0v) is 16.4. The van der Waals surface area contributed by atoms with E-state index in [0.29, 0.717) is 17.7 Å². The largest absolute Gasteiger partial charge is 0.496 e. The molecule has 0 aliphatic carbocycles. The number of hydrogen-bond acceptors (Lipinski definition) is 4. The van der Waals surface area contributed by atoms with Crippen molar-refractivity contribution in [3.05, 3.63) is 71.8 Å². The predicted octanol–water partition coefficient (Wildman–Crippen LogP) is 4.35. The second-order valence-corrected chi connectivity index (χ2v) is 6.48. The molecule has 6 heteroatoms. The van der Waals surface area contributed by atoms with Crippen molar-refractivity contribution in [3.8, 4) is 5.75 Å². The minimum absolute atomic E-state index is 0.0407. The van der Waals surface area contributed by atoms with Crippen molar-refractivity contribution in [2.75, 3.05) is 12.4 Å². The van der Waals surface area contributed by atoms with Crippen LogP contribution in [0.3, 0.4) is 0 Å². The molecule has 3 aromatic rings. The Morgan fingerprint density at radius 3 is 2.41 bits per heavy atom. The number of amides is 2. The van der Waals surface area contributed by atoms with Crippen LogP contribution in [-0.4, -0.2) is 25.1 Å². The minimum Gasteiger partial charge on any atom is -0.496 e. The van der Waals surface area contributed by atoms with Gasteiger partial charge in [-0.05, 0) is 48.2 Å². The third-order valence-electron chi connectivity index (χ3n) is 4.42. The highest BCUT2D eigenvalue weighted by molar-refractivity contribution is 6.03. The zero-order valence-electron chi connectivity index (χ0n) is 16.4. The Hall–Kier alpha value is -3.67. The molecule has 0 saturated carbocycles. The van der Waals surface area contributed by atoms with Gasteiger partial charge in [-0.25, -0.2) is 5.43 Å². The van der Waals surface area contributed by atoms with E-state index < -0.39 is 0 Å². The van der Waals surface area contributed by atoms with E-state index in [-0.39, 0.29) is 11.8 Å². The number of hydrazone groups is 1. The van der Waals surface area contributed by atoms with Gasteiger partial charge < -0.3 is 10.1 Å². The summed E-state index contributed by atoms with van der Waals surface area (Å²) in [5.74, 6) is 0.416. The normalized spacial score (nSPS) is 10.8. The molecule has 0 radical (unpaired) electrons. The fraction of sp³-hybridized carbons (Fsp3) is 0.174. The standard InChI is InChI=1S/C23H23N3O3/c1-3-6-22(27)25-18-12-9-16(10-13-18)23(28)26-24-15-17-11-14-21(29-2)20-8-5-4-7-19(17)20/h4-5,7-15H,3,6H2,1-2H3,(H,25,27)(H,26,28)/b24-15+. The fourth-order valence-electron chi connectivity index (χ4n) is 2.97. The first kappa shape index (κ1) is 20.1. The molecule has 2 N–H and O–H groups in total. The summed E-state index contributed by atoms with van der Waals surface area (Å²) >= 11 is 0. The number of nitrogens with zero attached hydrogens (tertiary/aromatic N) is 1. The van der Waals surface area contributed by atoms with Crippen LogP contribution in [0.1, 0.15) is 35.7 Å². The summed E-state index contributed by atoms with van der Waals surface area (Å²) in [6.45, 7) is 1.95. The number of hydrogen-bond donors (Lipinski definition) is 2. The van der Waals surface area contributed by atoms with Gasteiger partial charge in [0.2, 0.25) is 5.91 Å². The molecule has 3 rings (SSSR count). The Bertz CT molecular complexity index is 1040. The van der Waals surface area contributed by atoms with E-state index in [4.69, 9.17) is 4.74 Å². The van der Waals surface area contributed by atoms with Crippen LogP contribution >= 0.6 is 0 Å². The van der Waals surface area contributed by atoms with E-state index >= 15 is 0 Å². The van der Waals surface area contributed by atoms with Crippen molar-refractivity contribution in [2.45, 2.75) is 19.8 Å². The van der Waals surface area contributed by atoms with Gasteiger partial charge in [0, 0.05) is 28.6 Å². The average Bonchev–Trinajstić information content (AvgIpc) is 2.74.